The van der Waals surface area contributed by atoms with Crippen molar-refractivity contribution in [2.75, 3.05) is 21.3 Å². The molecule has 0 spiro atoms. The van der Waals surface area contributed by atoms with Crippen molar-refractivity contribution in [1.29, 1.82) is 0 Å². The number of methoxy groups -OCH3 is 3. The maximum Gasteiger partial charge on any atom is 0.417 e. The zero-order chi connectivity index (χ0) is 28.5. The van der Waals surface area contributed by atoms with Crippen molar-refractivity contribution < 1.29 is 54.7 Å². The van der Waals surface area contributed by atoms with Crippen LogP contribution >= 0.6 is 7.14 Å². The fourth-order valence-electron chi connectivity index (χ4n) is 3.82. The molecule has 1 unspecified atom stereocenters. The summed E-state index contributed by atoms with van der Waals surface area (Å²) in [6.45, 7) is 0. The summed E-state index contributed by atoms with van der Waals surface area (Å²) in [6.07, 6.45) is -10.9. The molecule has 0 aromatic heterocycles. The number of ether oxygens (including phenoxy) is 3. The molecule has 0 fully saturated rings. The number of hydrogen-bond donors (Lipinski definition) is 0. The summed E-state index contributed by atoms with van der Waals surface area (Å²) in [5, 5.41) is -0.591. The average molecular weight is 560 g/mol. The number of carbonyl (C=O) groups is 2. The third-order valence-electron chi connectivity index (χ3n) is 5.52. The minimum atomic E-state index is -5.49. The fourth-order valence-corrected chi connectivity index (χ4v) is 6.14. The molecular formula is C25H19F6O6P. The van der Waals surface area contributed by atoms with Crippen LogP contribution in [0.25, 0.3) is 0 Å². The molecule has 13 heteroatoms. The molecule has 0 aliphatic heterocycles. The molecule has 0 heterocycles. The highest BCUT2D eigenvalue weighted by Crippen LogP contribution is 2.57. The van der Waals surface area contributed by atoms with Gasteiger partial charge in [-0.2, -0.15) is 26.3 Å². The van der Waals surface area contributed by atoms with Gasteiger partial charge in [0.2, 0.25) is 18.2 Å². The molecule has 0 saturated carbocycles. The third kappa shape index (κ3) is 5.00. The number of alkyl halides is 6. The molecule has 1 atom stereocenters. The Morgan fingerprint density at radius 2 is 1.11 bits per heavy atom. The number of benzene rings is 3. The lowest BCUT2D eigenvalue weighted by Gasteiger charge is -2.23. The van der Waals surface area contributed by atoms with E-state index in [9.17, 15) is 40.5 Å². The van der Waals surface area contributed by atoms with Gasteiger partial charge < -0.3 is 18.8 Å². The van der Waals surface area contributed by atoms with E-state index >= 15 is 0 Å². The first kappa shape index (κ1) is 28.8. The minimum Gasteiger partial charge on any atom is -0.496 e. The number of hydrogen-bond acceptors (Lipinski definition) is 6. The Bertz CT molecular complexity index is 1380. The Labute approximate surface area is 212 Å². The lowest BCUT2D eigenvalue weighted by Crippen LogP contribution is -2.26. The van der Waals surface area contributed by atoms with E-state index in [1.165, 1.54) is 37.4 Å². The zero-order valence-electron chi connectivity index (χ0n) is 19.9. The van der Waals surface area contributed by atoms with Crippen LogP contribution in [-0.2, 0) is 16.9 Å². The van der Waals surface area contributed by atoms with Gasteiger partial charge in [-0.3, -0.25) is 9.59 Å². The molecule has 0 aliphatic carbocycles. The van der Waals surface area contributed by atoms with E-state index in [4.69, 9.17) is 14.2 Å². The Hall–Kier alpha value is -3.79. The Balaban J connectivity index is 2.48. The quantitative estimate of drug-likeness (QED) is 0.234. The van der Waals surface area contributed by atoms with Crippen molar-refractivity contribution in [2.24, 2.45) is 0 Å². The van der Waals surface area contributed by atoms with Crippen LogP contribution < -0.4 is 19.5 Å². The molecule has 0 aliphatic rings. The summed E-state index contributed by atoms with van der Waals surface area (Å²) in [5.74, 6) is -0.798. The summed E-state index contributed by atoms with van der Waals surface area (Å²) < 4.78 is 113. The second-order valence-electron chi connectivity index (χ2n) is 7.66. The zero-order valence-corrected chi connectivity index (χ0v) is 20.8. The van der Waals surface area contributed by atoms with E-state index < -0.39 is 58.1 Å². The Morgan fingerprint density at radius 3 is 1.55 bits per heavy atom. The average Bonchev–Trinajstić information content (AvgIpc) is 2.89. The van der Waals surface area contributed by atoms with Gasteiger partial charge in [0.25, 0.3) is 0 Å². The van der Waals surface area contributed by atoms with Crippen molar-refractivity contribution in [2.45, 2.75) is 12.4 Å². The highest BCUT2D eigenvalue weighted by molar-refractivity contribution is 8.01. The van der Waals surface area contributed by atoms with E-state index in [1.54, 1.807) is 0 Å². The molecule has 202 valence electrons. The molecule has 0 N–H and O–H groups in total. The van der Waals surface area contributed by atoms with Crippen molar-refractivity contribution in [3.63, 3.8) is 0 Å². The second kappa shape index (κ2) is 10.5. The Kier molecular flexibility index (Phi) is 7.97. The van der Waals surface area contributed by atoms with Gasteiger partial charge in [-0.05, 0) is 24.3 Å². The summed E-state index contributed by atoms with van der Waals surface area (Å²) in [7, 11) is -2.11. The van der Waals surface area contributed by atoms with Gasteiger partial charge in [0, 0.05) is 5.30 Å². The van der Waals surface area contributed by atoms with Crippen LogP contribution in [0, 0.1) is 0 Å². The van der Waals surface area contributed by atoms with E-state index in [-0.39, 0.29) is 29.4 Å². The molecule has 0 radical (unpaired) electrons. The van der Waals surface area contributed by atoms with Crippen LogP contribution in [0.15, 0.2) is 60.7 Å². The Morgan fingerprint density at radius 1 is 0.632 bits per heavy atom. The van der Waals surface area contributed by atoms with Crippen molar-refractivity contribution in [3.05, 3.63) is 82.9 Å². The lowest BCUT2D eigenvalue weighted by atomic mass is 10.0. The minimum absolute atomic E-state index is 0.101. The molecule has 6 nitrogen and oxygen atoms in total. The van der Waals surface area contributed by atoms with Gasteiger partial charge in [-0.15, -0.1) is 0 Å². The predicted octanol–water partition coefficient (Wildman–Crippen LogP) is 6.42. The van der Waals surface area contributed by atoms with Gasteiger partial charge in [0.15, 0.2) is 11.5 Å². The molecular weight excluding hydrogens is 541 g/mol. The van der Waals surface area contributed by atoms with Crippen LogP contribution in [0.2, 0.25) is 0 Å². The maximum absolute atomic E-state index is 14.5. The van der Waals surface area contributed by atoms with Crippen molar-refractivity contribution >= 4 is 23.5 Å². The van der Waals surface area contributed by atoms with E-state index in [2.05, 4.69) is 0 Å². The van der Waals surface area contributed by atoms with Gasteiger partial charge in [0.05, 0.1) is 38.0 Å². The van der Waals surface area contributed by atoms with Crippen LogP contribution in [0.3, 0.4) is 0 Å². The predicted molar refractivity (Wildman–Crippen MR) is 125 cm³/mol. The molecule has 0 amide bonds. The molecule has 3 rings (SSSR count). The standard InChI is InChI=1S/C25H19F6O6P/c1-35-17-12-13-18(36-2)21(37-3)20(17)23(33)38(34,14-8-5-4-6-9-14)22(32)19-15(24(26,27)28)10-7-11-16(19)25(29,30)31/h4-13H,1-3H3. The molecule has 0 bridgehead atoms. The van der Waals surface area contributed by atoms with E-state index in [0.29, 0.717) is 6.07 Å². The molecule has 38 heavy (non-hydrogen) atoms. The first-order valence-corrected chi connectivity index (χ1v) is 12.3. The summed E-state index contributed by atoms with van der Waals surface area (Å²) in [4.78, 5) is 27.7. The highest BCUT2D eigenvalue weighted by atomic mass is 31.2. The van der Waals surface area contributed by atoms with E-state index in [0.717, 1.165) is 26.4 Å². The third-order valence-corrected chi connectivity index (χ3v) is 8.14. The van der Waals surface area contributed by atoms with Crippen LogP contribution in [0.1, 0.15) is 31.8 Å². The van der Waals surface area contributed by atoms with Gasteiger partial charge in [-0.25, -0.2) is 0 Å². The topological polar surface area (TPSA) is 78.9 Å². The number of carbonyl (C=O) groups excluding carboxylic acids is 2. The normalized spacial score (nSPS) is 13.4. The monoisotopic (exact) mass is 560 g/mol. The van der Waals surface area contributed by atoms with Crippen LogP contribution in [0.4, 0.5) is 26.3 Å². The number of halogens is 6. The van der Waals surface area contributed by atoms with Gasteiger partial charge in [-0.1, -0.05) is 36.4 Å². The first-order chi connectivity index (χ1) is 17.7. The lowest BCUT2D eigenvalue weighted by molar-refractivity contribution is -0.143. The van der Waals surface area contributed by atoms with Gasteiger partial charge in [0.1, 0.15) is 11.3 Å². The number of rotatable bonds is 8. The molecule has 3 aromatic carbocycles. The fraction of sp³-hybridized carbons (Fsp3) is 0.200. The maximum atomic E-state index is 14.5. The first-order valence-electron chi connectivity index (χ1n) is 10.5. The van der Waals surface area contributed by atoms with Gasteiger partial charge >= 0.3 is 12.4 Å². The smallest absolute Gasteiger partial charge is 0.417 e. The van der Waals surface area contributed by atoms with Crippen LogP contribution in [-0.4, -0.2) is 32.4 Å². The summed E-state index contributed by atoms with van der Waals surface area (Å²) in [6, 6.07) is 9.27. The SMILES string of the molecule is COc1ccc(OC)c(C(=O)P(=O)(C(=O)c2c(C(F)(F)F)cccc2C(F)(F)F)c2ccccc2)c1OC. The molecule has 0 saturated heterocycles. The summed E-state index contributed by atoms with van der Waals surface area (Å²) >= 11 is 0. The van der Waals surface area contributed by atoms with Crippen molar-refractivity contribution in [1.82, 2.24) is 0 Å². The van der Waals surface area contributed by atoms with Crippen molar-refractivity contribution in [3.8, 4) is 17.2 Å². The largest absolute Gasteiger partial charge is 0.496 e. The highest BCUT2D eigenvalue weighted by Gasteiger charge is 2.51. The molecule has 3 aromatic rings. The second-order valence-corrected chi connectivity index (χ2v) is 10.2. The van der Waals surface area contributed by atoms with Crippen LogP contribution in [0.5, 0.6) is 17.2 Å². The summed E-state index contributed by atoms with van der Waals surface area (Å²) in [5.41, 5.74) is -10.3. The van der Waals surface area contributed by atoms with E-state index in [1.807, 2.05) is 0 Å².